The molecule has 0 aromatic rings. The standard InChI is InChI=1S/C20H36O9S.Na/c1-18(2,3)10-27-15(21)13(16(22)28-11-19(4,5)6)14(30(24,25)26)17(23)29-12-20(7,8)9;/h13-14H,10-12H2,1-9H3,(H,24,25,26);/q;+1/p-1. The first kappa shape index (κ1) is 32.5. The van der Waals surface area contributed by atoms with E-state index in [0.29, 0.717) is 0 Å². The SMILES string of the molecule is CC(C)(C)COC(=O)C(C(=O)OCC(C)(C)C)C(C(=O)OCC(C)(C)C)S(=O)(=O)[O-].[Na+]. The summed E-state index contributed by atoms with van der Waals surface area (Å²) in [6.07, 6.45) is 0. The number of carbonyl (C=O) groups excluding carboxylic acids is 3. The molecule has 0 amide bonds. The Morgan fingerprint density at radius 2 is 0.935 bits per heavy atom. The Hall–Kier alpha value is -0.680. The second kappa shape index (κ2) is 12.0. The normalized spacial score (nSPS) is 13.8. The summed E-state index contributed by atoms with van der Waals surface area (Å²) in [7, 11) is -5.45. The van der Waals surface area contributed by atoms with E-state index in [0.717, 1.165) is 0 Å². The van der Waals surface area contributed by atoms with Crippen molar-refractivity contribution in [3.8, 4) is 0 Å². The molecule has 0 bridgehead atoms. The zero-order chi connectivity index (χ0) is 24.1. The van der Waals surface area contributed by atoms with E-state index >= 15 is 0 Å². The van der Waals surface area contributed by atoms with E-state index in [1.807, 2.05) is 0 Å². The van der Waals surface area contributed by atoms with Gasteiger partial charge in [0.1, 0.15) is 10.1 Å². The summed E-state index contributed by atoms with van der Waals surface area (Å²) < 4.78 is 50.7. The fraction of sp³-hybridized carbons (Fsp3) is 0.850. The number of carbonyl (C=O) groups is 3. The molecule has 176 valence electrons. The van der Waals surface area contributed by atoms with Gasteiger partial charge >= 0.3 is 47.5 Å². The summed E-state index contributed by atoms with van der Waals surface area (Å²) in [5.41, 5.74) is -1.55. The minimum atomic E-state index is -5.45. The minimum absolute atomic E-state index is 0. The van der Waals surface area contributed by atoms with E-state index in [-0.39, 0.29) is 49.4 Å². The van der Waals surface area contributed by atoms with Crippen LogP contribution < -0.4 is 29.6 Å². The Balaban J connectivity index is 0. The van der Waals surface area contributed by atoms with Gasteiger partial charge in [-0.3, -0.25) is 14.4 Å². The van der Waals surface area contributed by atoms with Crippen LogP contribution in [-0.4, -0.2) is 55.9 Å². The maximum Gasteiger partial charge on any atom is 1.00 e. The molecular weight excluding hydrogens is 439 g/mol. The van der Waals surface area contributed by atoms with Crippen LogP contribution in [0.3, 0.4) is 0 Å². The maximum absolute atomic E-state index is 12.6. The number of hydrogen-bond acceptors (Lipinski definition) is 9. The predicted molar refractivity (Wildman–Crippen MR) is 108 cm³/mol. The van der Waals surface area contributed by atoms with Gasteiger partial charge in [-0.25, -0.2) is 8.42 Å². The zero-order valence-electron chi connectivity index (χ0n) is 20.4. The van der Waals surface area contributed by atoms with Gasteiger partial charge in [0, 0.05) is 0 Å². The Bertz CT molecular complexity index is 695. The zero-order valence-corrected chi connectivity index (χ0v) is 23.2. The van der Waals surface area contributed by atoms with Crippen molar-refractivity contribution in [2.24, 2.45) is 22.2 Å². The Morgan fingerprint density at radius 3 is 1.16 bits per heavy atom. The molecule has 0 fully saturated rings. The number of esters is 3. The molecule has 0 saturated heterocycles. The van der Waals surface area contributed by atoms with E-state index in [2.05, 4.69) is 0 Å². The van der Waals surface area contributed by atoms with Gasteiger partial charge in [0.15, 0.2) is 11.2 Å². The minimum Gasteiger partial charge on any atom is -0.747 e. The fourth-order valence-electron chi connectivity index (χ4n) is 1.89. The topological polar surface area (TPSA) is 136 Å². The van der Waals surface area contributed by atoms with E-state index in [4.69, 9.17) is 14.2 Å². The smallest absolute Gasteiger partial charge is 0.747 e. The third-order valence-electron chi connectivity index (χ3n) is 3.30. The number of rotatable bonds is 8. The molecular formula is C20H35NaO9S. The van der Waals surface area contributed by atoms with Crippen LogP contribution in [0.2, 0.25) is 0 Å². The number of hydrogen-bond donors (Lipinski definition) is 0. The van der Waals surface area contributed by atoms with Crippen molar-refractivity contribution >= 4 is 28.0 Å². The van der Waals surface area contributed by atoms with Crippen LogP contribution in [0, 0.1) is 22.2 Å². The molecule has 31 heavy (non-hydrogen) atoms. The number of ether oxygens (including phenoxy) is 3. The molecule has 0 spiro atoms. The van der Waals surface area contributed by atoms with Crippen LogP contribution in [0.5, 0.6) is 0 Å². The molecule has 0 N–H and O–H groups in total. The summed E-state index contributed by atoms with van der Waals surface area (Å²) in [6.45, 7) is 15.0. The monoisotopic (exact) mass is 474 g/mol. The van der Waals surface area contributed by atoms with Crippen molar-refractivity contribution in [2.45, 2.75) is 67.6 Å². The second-order valence-electron chi connectivity index (χ2n) is 10.9. The van der Waals surface area contributed by atoms with Crippen LogP contribution in [0.15, 0.2) is 0 Å². The van der Waals surface area contributed by atoms with Gasteiger partial charge in [-0.05, 0) is 16.2 Å². The van der Waals surface area contributed by atoms with Crippen molar-refractivity contribution in [1.29, 1.82) is 0 Å². The summed E-state index contributed by atoms with van der Waals surface area (Å²) in [6, 6.07) is 0. The third kappa shape index (κ3) is 14.2. The van der Waals surface area contributed by atoms with E-state index < -0.39 is 55.4 Å². The summed E-state index contributed by atoms with van der Waals surface area (Å²) >= 11 is 0. The van der Waals surface area contributed by atoms with Crippen molar-refractivity contribution < 1.29 is 71.1 Å². The molecule has 1 unspecified atom stereocenters. The van der Waals surface area contributed by atoms with Crippen molar-refractivity contribution in [1.82, 2.24) is 0 Å². The summed E-state index contributed by atoms with van der Waals surface area (Å²) in [5.74, 6) is -6.45. The van der Waals surface area contributed by atoms with E-state index in [1.54, 1.807) is 62.3 Å². The average Bonchev–Trinajstić information content (AvgIpc) is 2.49. The first-order valence-electron chi connectivity index (χ1n) is 9.59. The Kier molecular flexibility index (Phi) is 12.6. The van der Waals surface area contributed by atoms with Gasteiger partial charge in [-0.1, -0.05) is 62.3 Å². The fourth-order valence-corrected chi connectivity index (χ4v) is 2.75. The van der Waals surface area contributed by atoms with Gasteiger partial charge in [-0.2, -0.15) is 0 Å². The van der Waals surface area contributed by atoms with Crippen molar-refractivity contribution in [3.63, 3.8) is 0 Å². The average molecular weight is 475 g/mol. The van der Waals surface area contributed by atoms with Gasteiger partial charge in [0.05, 0.1) is 19.8 Å². The second-order valence-corrected chi connectivity index (χ2v) is 12.4. The van der Waals surface area contributed by atoms with Crippen molar-refractivity contribution in [3.05, 3.63) is 0 Å². The maximum atomic E-state index is 12.6. The van der Waals surface area contributed by atoms with Gasteiger partial charge in [0.2, 0.25) is 0 Å². The Morgan fingerprint density at radius 1 is 0.677 bits per heavy atom. The van der Waals surface area contributed by atoms with E-state index in [9.17, 15) is 27.4 Å². The van der Waals surface area contributed by atoms with Crippen molar-refractivity contribution in [2.75, 3.05) is 19.8 Å². The Labute approximate surface area is 208 Å². The summed E-state index contributed by atoms with van der Waals surface area (Å²) in [4.78, 5) is 37.7. The predicted octanol–water partition coefficient (Wildman–Crippen LogP) is -0.712. The molecule has 0 aliphatic rings. The molecule has 0 aromatic heterocycles. The molecule has 0 rings (SSSR count). The molecule has 11 heteroatoms. The summed E-state index contributed by atoms with van der Waals surface area (Å²) in [5, 5.41) is -2.61. The first-order chi connectivity index (χ1) is 13.1. The van der Waals surface area contributed by atoms with Crippen LogP contribution in [0.1, 0.15) is 62.3 Å². The quantitative estimate of drug-likeness (QED) is 0.147. The molecule has 1 atom stereocenters. The van der Waals surface area contributed by atoms with Gasteiger partial charge in [0.25, 0.3) is 0 Å². The van der Waals surface area contributed by atoms with Gasteiger partial charge < -0.3 is 18.8 Å². The first-order valence-corrected chi connectivity index (χ1v) is 11.1. The molecule has 0 aromatic carbocycles. The van der Waals surface area contributed by atoms with Crippen LogP contribution in [0.4, 0.5) is 0 Å². The van der Waals surface area contributed by atoms with Crippen LogP contribution in [-0.2, 0) is 38.7 Å². The molecule has 9 nitrogen and oxygen atoms in total. The van der Waals surface area contributed by atoms with Crippen LogP contribution in [0.25, 0.3) is 0 Å². The molecule has 0 aliphatic carbocycles. The molecule has 0 saturated carbocycles. The van der Waals surface area contributed by atoms with E-state index in [1.165, 1.54) is 0 Å². The van der Waals surface area contributed by atoms with Gasteiger partial charge in [-0.15, -0.1) is 0 Å². The van der Waals surface area contributed by atoms with Crippen LogP contribution >= 0.6 is 0 Å². The largest absolute Gasteiger partial charge is 1.00 e. The third-order valence-corrected chi connectivity index (χ3v) is 4.38. The molecule has 0 heterocycles. The molecule has 0 radical (unpaired) electrons. The molecule has 0 aliphatic heterocycles.